The van der Waals surface area contributed by atoms with Crippen LogP contribution in [-0.2, 0) is 25.6 Å². The third-order valence-electron chi connectivity index (χ3n) is 6.06. The minimum Gasteiger partial charge on any atom is -0.474 e. The summed E-state index contributed by atoms with van der Waals surface area (Å²) in [7, 11) is -2.34. The molecule has 1 aromatic heterocycles. The lowest BCUT2D eigenvalue weighted by Gasteiger charge is -2.33. The molecule has 174 valence electrons. The summed E-state index contributed by atoms with van der Waals surface area (Å²) in [6, 6.07) is 9.94. The fraction of sp³-hybridized carbons (Fsp3) is 0.524. The molecule has 0 amide bonds. The molecule has 0 radical (unpaired) electrons. The van der Waals surface area contributed by atoms with Crippen LogP contribution in [0, 0.1) is 5.92 Å². The highest BCUT2D eigenvalue weighted by molar-refractivity contribution is 7.84. The lowest BCUT2D eigenvalue weighted by molar-refractivity contribution is 0.0735. The molecule has 0 bridgehead atoms. The number of nitrogens with two attached hydrogens (primary N) is 1. The zero-order valence-corrected chi connectivity index (χ0v) is 18.6. The Morgan fingerprint density at radius 2 is 2.06 bits per heavy atom. The van der Waals surface area contributed by atoms with Gasteiger partial charge in [0.15, 0.2) is 0 Å². The van der Waals surface area contributed by atoms with Crippen molar-refractivity contribution in [2.24, 2.45) is 11.1 Å². The molecule has 10 nitrogen and oxygen atoms in total. The van der Waals surface area contributed by atoms with Gasteiger partial charge in [0, 0.05) is 25.5 Å². The maximum atomic E-state index is 11.0. The Bertz CT molecular complexity index is 1040. The van der Waals surface area contributed by atoms with Gasteiger partial charge >= 0.3 is 10.3 Å². The summed E-state index contributed by atoms with van der Waals surface area (Å²) in [5, 5.41) is 18.5. The number of aryl methyl sites for hydroxylation is 1. The van der Waals surface area contributed by atoms with Crippen LogP contribution >= 0.6 is 0 Å². The smallest absolute Gasteiger partial charge is 0.333 e. The van der Waals surface area contributed by atoms with Crippen LogP contribution in [0.1, 0.15) is 36.4 Å². The highest BCUT2D eigenvalue weighted by atomic mass is 32.2. The van der Waals surface area contributed by atoms with Crippen LogP contribution in [0.4, 0.5) is 5.82 Å². The normalized spacial score (nSPS) is 27.7. The lowest BCUT2D eigenvalue weighted by atomic mass is 9.85. The van der Waals surface area contributed by atoms with E-state index in [1.165, 1.54) is 17.5 Å². The summed E-state index contributed by atoms with van der Waals surface area (Å²) in [5.74, 6) is 0.580. The van der Waals surface area contributed by atoms with Gasteiger partial charge in [-0.15, -0.1) is 0 Å². The number of rotatable bonds is 8. The first-order chi connectivity index (χ1) is 15.3. The molecule has 4 rings (SSSR count). The van der Waals surface area contributed by atoms with Crippen LogP contribution < -0.4 is 15.2 Å². The highest BCUT2D eigenvalue weighted by Gasteiger charge is 2.36. The number of methoxy groups -OCH3 is 1. The first-order valence-electron chi connectivity index (χ1n) is 10.5. The Hall–Kier alpha value is -2.31. The van der Waals surface area contributed by atoms with E-state index in [0.29, 0.717) is 24.5 Å². The summed E-state index contributed by atoms with van der Waals surface area (Å²) in [6.07, 6.45) is 2.98. The number of aromatic nitrogens is 2. The van der Waals surface area contributed by atoms with Gasteiger partial charge in [0.05, 0.1) is 24.9 Å². The van der Waals surface area contributed by atoms with E-state index in [9.17, 15) is 13.5 Å². The monoisotopic (exact) mass is 464 g/mol. The molecule has 4 N–H and O–H groups in total. The number of hydrogen-bond donors (Lipinski definition) is 3. The van der Waals surface area contributed by atoms with Gasteiger partial charge in [0.25, 0.3) is 0 Å². The van der Waals surface area contributed by atoms with Gasteiger partial charge in [-0.05, 0) is 30.4 Å². The summed E-state index contributed by atoms with van der Waals surface area (Å²) in [5.41, 5.74) is 2.47. The fourth-order valence-corrected chi connectivity index (χ4v) is 4.84. The molecule has 2 aromatic rings. The predicted molar refractivity (Wildman–Crippen MR) is 116 cm³/mol. The largest absolute Gasteiger partial charge is 0.474 e. The Morgan fingerprint density at radius 1 is 1.25 bits per heavy atom. The van der Waals surface area contributed by atoms with Crippen molar-refractivity contribution in [1.82, 2.24) is 9.97 Å². The van der Waals surface area contributed by atoms with Crippen LogP contribution in [0.2, 0.25) is 0 Å². The summed E-state index contributed by atoms with van der Waals surface area (Å²) in [6.45, 7) is -0.185. The van der Waals surface area contributed by atoms with Crippen molar-refractivity contribution in [1.29, 1.82) is 0 Å². The molecule has 1 heterocycles. The number of aliphatic hydroxyl groups excluding tert-OH is 1. The Balaban J connectivity index is 1.42. The minimum atomic E-state index is -4.05. The molecule has 0 saturated heterocycles. The van der Waals surface area contributed by atoms with Crippen LogP contribution in [0.15, 0.2) is 36.7 Å². The minimum absolute atomic E-state index is 0.00814. The van der Waals surface area contributed by atoms with E-state index in [4.69, 9.17) is 14.6 Å². The van der Waals surface area contributed by atoms with Gasteiger partial charge in [-0.2, -0.15) is 8.42 Å². The SMILES string of the molecule is CO[C@H]1CCc2ccccc2[C@H]1Nc1cc(O[C@H]2CC(O)[C@H](COS(N)(=O)=O)C2)ncn1. The van der Waals surface area contributed by atoms with Crippen LogP contribution in [0.5, 0.6) is 5.88 Å². The summed E-state index contributed by atoms with van der Waals surface area (Å²) < 4.78 is 38.3. The third kappa shape index (κ3) is 5.54. The topological polar surface area (TPSA) is 146 Å². The maximum absolute atomic E-state index is 11.0. The molecule has 0 spiro atoms. The number of benzene rings is 1. The Kier molecular flexibility index (Phi) is 6.91. The van der Waals surface area contributed by atoms with Crippen LogP contribution in [0.3, 0.4) is 0 Å². The van der Waals surface area contributed by atoms with Gasteiger partial charge in [-0.1, -0.05) is 24.3 Å². The van der Waals surface area contributed by atoms with Crippen molar-refractivity contribution < 1.29 is 27.2 Å². The van der Waals surface area contributed by atoms with Gasteiger partial charge in [-0.25, -0.2) is 15.1 Å². The van der Waals surface area contributed by atoms with Gasteiger partial charge in [0.1, 0.15) is 18.2 Å². The van der Waals surface area contributed by atoms with Crippen molar-refractivity contribution in [3.63, 3.8) is 0 Å². The maximum Gasteiger partial charge on any atom is 0.333 e. The second kappa shape index (κ2) is 9.67. The average molecular weight is 465 g/mol. The van der Waals surface area contributed by atoms with Crippen LogP contribution in [0.25, 0.3) is 0 Å². The average Bonchev–Trinajstić information content (AvgIpc) is 3.11. The zero-order valence-electron chi connectivity index (χ0n) is 17.8. The second-order valence-corrected chi connectivity index (χ2v) is 9.41. The number of aliphatic hydroxyl groups is 1. The molecule has 11 heteroatoms. The molecule has 2 aliphatic rings. The molecule has 1 unspecified atom stereocenters. The van der Waals surface area contributed by atoms with Gasteiger partial charge in [0.2, 0.25) is 5.88 Å². The van der Waals surface area contributed by atoms with Gasteiger partial charge < -0.3 is 19.9 Å². The number of ether oxygens (including phenoxy) is 2. The van der Waals surface area contributed by atoms with E-state index >= 15 is 0 Å². The molecule has 32 heavy (non-hydrogen) atoms. The Labute approximate surface area is 187 Å². The zero-order chi connectivity index (χ0) is 22.7. The third-order valence-corrected chi connectivity index (χ3v) is 6.52. The van der Waals surface area contributed by atoms with Crippen molar-refractivity contribution in [2.45, 2.75) is 50.0 Å². The predicted octanol–water partition coefficient (Wildman–Crippen LogP) is 1.33. The van der Waals surface area contributed by atoms with Crippen molar-refractivity contribution in [3.8, 4) is 5.88 Å². The molecule has 5 atom stereocenters. The summed E-state index contributed by atoms with van der Waals surface area (Å²) >= 11 is 0. The van der Waals surface area contributed by atoms with Gasteiger partial charge in [-0.3, -0.25) is 4.18 Å². The fourth-order valence-electron chi connectivity index (χ4n) is 4.48. The first-order valence-corrected chi connectivity index (χ1v) is 12.0. The van der Waals surface area contributed by atoms with Crippen molar-refractivity contribution in [3.05, 3.63) is 47.8 Å². The second-order valence-electron chi connectivity index (χ2n) is 8.19. The van der Waals surface area contributed by atoms with Crippen LogP contribution in [-0.4, -0.2) is 55.5 Å². The quantitative estimate of drug-likeness (QED) is 0.526. The van der Waals surface area contributed by atoms with E-state index in [2.05, 4.69) is 31.6 Å². The molecule has 0 aliphatic heterocycles. The molecule has 2 aliphatic carbocycles. The molecular formula is C21H28N4O6S. The number of nitrogens with zero attached hydrogens (tertiary/aromatic N) is 2. The molecule has 1 fully saturated rings. The van der Waals surface area contributed by atoms with E-state index in [0.717, 1.165) is 12.8 Å². The highest BCUT2D eigenvalue weighted by Crippen LogP contribution is 2.35. The van der Waals surface area contributed by atoms with E-state index in [-0.39, 0.29) is 30.8 Å². The lowest BCUT2D eigenvalue weighted by Crippen LogP contribution is -2.32. The molecule has 1 aromatic carbocycles. The first kappa shape index (κ1) is 22.9. The van der Waals surface area contributed by atoms with E-state index in [1.807, 2.05) is 12.1 Å². The van der Waals surface area contributed by atoms with E-state index in [1.54, 1.807) is 13.2 Å². The Morgan fingerprint density at radius 3 is 2.84 bits per heavy atom. The number of fused-ring (bicyclic) bond motifs is 1. The molecule has 1 saturated carbocycles. The standard InChI is InChI=1S/C21H28N4O6S/c1-29-18-7-6-13-4-2-3-5-16(13)21(18)25-19-10-20(24-12-23-19)31-15-8-14(17(26)9-15)11-30-32(22,27)28/h2-5,10,12,14-15,17-18,21,26H,6-9,11H2,1H3,(H2,22,27,28)(H,23,24,25)/t14-,15+,17?,18-,21+/m0/s1. The number of hydrogen-bond acceptors (Lipinski definition) is 9. The van der Waals surface area contributed by atoms with Crippen molar-refractivity contribution in [2.75, 3.05) is 19.0 Å². The number of anilines is 1. The number of nitrogens with one attached hydrogen (secondary N) is 1. The van der Waals surface area contributed by atoms with E-state index < -0.39 is 16.4 Å². The van der Waals surface area contributed by atoms with Crippen molar-refractivity contribution >= 4 is 16.1 Å². The summed E-state index contributed by atoms with van der Waals surface area (Å²) in [4.78, 5) is 8.51. The molecular weight excluding hydrogens is 436 g/mol.